The van der Waals surface area contributed by atoms with Crippen molar-refractivity contribution in [2.24, 2.45) is 0 Å². The normalized spacial score (nSPS) is 16.0. The molecular formula is C21H27N3O3. The van der Waals surface area contributed by atoms with Crippen molar-refractivity contribution < 1.29 is 14.3 Å². The SMILES string of the molecule is COc1ccc2cc([C@H](C)NC(=O)N3CCC(NC(C)=O)CC3)ccc2c1. The van der Waals surface area contributed by atoms with Gasteiger partial charge in [0.1, 0.15) is 5.75 Å². The quantitative estimate of drug-likeness (QED) is 0.869. The number of nitrogens with one attached hydrogen (secondary N) is 2. The number of methoxy groups -OCH3 is 1. The van der Waals surface area contributed by atoms with E-state index in [1.54, 1.807) is 7.11 Å². The Kier molecular flexibility index (Phi) is 5.84. The molecule has 1 aliphatic heterocycles. The maximum Gasteiger partial charge on any atom is 0.317 e. The van der Waals surface area contributed by atoms with Crippen molar-refractivity contribution in [1.29, 1.82) is 0 Å². The van der Waals surface area contributed by atoms with Gasteiger partial charge in [-0.2, -0.15) is 0 Å². The van der Waals surface area contributed by atoms with Crippen molar-refractivity contribution in [3.05, 3.63) is 42.0 Å². The van der Waals surface area contributed by atoms with Gasteiger partial charge < -0.3 is 20.3 Å². The fraction of sp³-hybridized carbons (Fsp3) is 0.429. The number of nitrogens with zero attached hydrogens (tertiary/aromatic N) is 1. The van der Waals surface area contributed by atoms with Gasteiger partial charge in [-0.1, -0.05) is 18.2 Å². The molecule has 0 saturated carbocycles. The molecule has 0 aliphatic carbocycles. The van der Waals surface area contributed by atoms with Gasteiger partial charge in [-0.05, 0) is 54.3 Å². The molecule has 3 rings (SSSR count). The molecule has 0 radical (unpaired) electrons. The summed E-state index contributed by atoms with van der Waals surface area (Å²) in [7, 11) is 1.66. The second-order valence-corrected chi connectivity index (χ2v) is 7.11. The number of hydrogen-bond acceptors (Lipinski definition) is 3. The van der Waals surface area contributed by atoms with Crippen LogP contribution in [0.3, 0.4) is 0 Å². The van der Waals surface area contributed by atoms with Gasteiger partial charge in [0.2, 0.25) is 5.91 Å². The summed E-state index contributed by atoms with van der Waals surface area (Å²) < 4.78 is 5.26. The van der Waals surface area contributed by atoms with Crippen molar-refractivity contribution in [2.75, 3.05) is 20.2 Å². The summed E-state index contributed by atoms with van der Waals surface area (Å²) in [6.07, 6.45) is 1.58. The molecule has 0 bridgehead atoms. The lowest BCUT2D eigenvalue weighted by Crippen LogP contribution is -2.49. The largest absolute Gasteiger partial charge is 0.497 e. The monoisotopic (exact) mass is 369 g/mol. The predicted octanol–water partition coefficient (Wildman–Crippen LogP) is 3.22. The maximum atomic E-state index is 12.6. The van der Waals surface area contributed by atoms with E-state index in [1.165, 1.54) is 6.92 Å². The van der Waals surface area contributed by atoms with Crippen molar-refractivity contribution in [2.45, 2.75) is 38.8 Å². The van der Waals surface area contributed by atoms with E-state index in [-0.39, 0.29) is 24.0 Å². The molecule has 3 amide bonds. The number of rotatable bonds is 4. The Balaban J connectivity index is 1.60. The molecule has 1 atom stereocenters. The van der Waals surface area contributed by atoms with Crippen molar-refractivity contribution in [3.63, 3.8) is 0 Å². The highest BCUT2D eigenvalue weighted by Gasteiger charge is 2.24. The highest BCUT2D eigenvalue weighted by Crippen LogP contribution is 2.24. The summed E-state index contributed by atoms with van der Waals surface area (Å²) >= 11 is 0. The highest BCUT2D eigenvalue weighted by molar-refractivity contribution is 5.85. The number of urea groups is 1. The van der Waals surface area contributed by atoms with E-state index in [2.05, 4.69) is 22.8 Å². The van der Waals surface area contributed by atoms with Crippen LogP contribution in [0.15, 0.2) is 36.4 Å². The molecule has 2 N–H and O–H groups in total. The van der Waals surface area contributed by atoms with Crippen LogP contribution in [-0.2, 0) is 4.79 Å². The molecule has 0 aromatic heterocycles. The number of carbonyl (C=O) groups excluding carboxylic acids is 2. The van der Waals surface area contributed by atoms with Crippen molar-refractivity contribution >= 4 is 22.7 Å². The first-order chi connectivity index (χ1) is 13.0. The summed E-state index contributed by atoms with van der Waals surface area (Å²) in [5, 5.41) is 8.23. The fourth-order valence-corrected chi connectivity index (χ4v) is 3.51. The smallest absolute Gasteiger partial charge is 0.317 e. The first kappa shape index (κ1) is 19.0. The summed E-state index contributed by atoms with van der Waals surface area (Å²) in [6.45, 7) is 4.83. The minimum Gasteiger partial charge on any atom is -0.497 e. The van der Waals surface area contributed by atoms with Gasteiger partial charge in [0, 0.05) is 26.1 Å². The zero-order chi connectivity index (χ0) is 19.4. The molecule has 1 saturated heterocycles. The van der Waals surface area contributed by atoms with Crippen molar-refractivity contribution in [1.82, 2.24) is 15.5 Å². The van der Waals surface area contributed by atoms with Crippen LogP contribution in [0, 0.1) is 0 Å². The average molecular weight is 369 g/mol. The van der Waals surface area contributed by atoms with Crippen LogP contribution in [0.1, 0.15) is 38.3 Å². The number of ether oxygens (including phenoxy) is 1. The van der Waals surface area contributed by atoms with Crippen LogP contribution in [-0.4, -0.2) is 43.1 Å². The number of hydrogen-bond donors (Lipinski definition) is 2. The molecule has 6 heteroatoms. The van der Waals surface area contributed by atoms with Crippen LogP contribution < -0.4 is 15.4 Å². The Bertz CT molecular complexity index is 829. The van der Waals surface area contributed by atoms with Gasteiger partial charge in [-0.3, -0.25) is 4.79 Å². The molecule has 2 aromatic carbocycles. The summed E-state index contributed by atoms with van der Waals surface area (Å²) in [4.78, 5) is 25.5. The Hall–Kier alpha value is -2.76. The molecule has 0 unspecified atom stereocenters. The number of likely N-dealkylation sites (tertiary alicyclic amines) is 1. The zero-order valence-corrected chi connectivity index (χ0v) is 16.1. The van der Waals surface area contributed by atoms with E-state index >= 15 is 0 Å². The van der Waals surface area contributed by atoms with Crippen molar-refractivity contribution in [3.8, 4) is 5.75 Å². The predicted molar refractivity (Wildman–Crippen MR) is 106 cm³/mol. The first-order valence-electron chi connectivity index (χ1n) is 9.36. The summed E-state index contributed by atoms with van der Waals surface area (Å²) in [6, 6.07) is 12.2. The average Bonchev–Trinajstić information content (AvgIpc) is 2.67. The molecule has 6 nitrogen and oxygen atoms in total. The van der Waals surface area contributed by atoms with E-state index in [9.17, 15) is 9.59 Å². The second kappa shape index (κ2) is 8.29. The minimum atomic E-state index is -0.0860. The van der Waals surface area contributed by atoms with E-state index in [0.717, 1.165) is 34.9 Å². The summed E-state index contributed by atoms with van der Waals surface area (Å²) in [5.74, 6) is 0.819. The Morgan fingerprint density at radius 2 is 1.78 bits per heavy atom. The van der Waals surface area contributed by atoms with Crippen LogP contribution in [0.25, 0.3) is 10.8 Å². The Labute approximate surface area is 159 Å². The van der Waals surface area contributed by atoms with E-state index in [0.29, 0.717) is 13.1 Å². The number of piperidine rings is 1. The molecule has 144 valence electrons. The number of amides is 3. The first-order valence-corrected chi connectivity index (χ1v) is 9.36. The highest BCUT2D eigenvalue weighted by atomic mass is 16.5. The van der Waals surface area contributed by atoms with E-state index in [1.807, 2.05) is 36.1 Å². The molecule has 27 heavy (non-hydrogen) atoms. The number of carbonyl (C=O) groups is 2. The lowest BCUT2D eigenvalue weighted by molar-refractivity contribution is -0.119. The lowest BCUT2D eigenvalue weighted by Gasteiger charge is -2.33. The number of fused-ring (bicyclic) bond motifs is 1. The van der Waals surface area contributed by atoms with Crippen LogP contribution >= 0.6 is 0 Å². The third-order valence-corrected chi connectivity index (χ3v) is 5.10. The van der Waals surface area contributed by atoms with E-state index < -0.39 is 0 Å². The topological polar surface area (TPSA) is 70.7 Å². The lowest BCUT2D eigenvalue weighted by atomic mass is 10.0. The molecule has 0 spiro atoms. The zero-order valence-electron chi connectivity index (χ0n) is 16.1. The Morgan fingerprint density at radius 3 is 2.44 bits per heavy atom. The fourth-order valence-electron chi connectivity index (χ4n) is 3.51. The van der Waals surface area contributed by atoms with Crippen LogP contribution in [0.4, 0.5) is 4.79 Å². The summed E-state index contributed by atoms with van der Waals surface area (Å²) in [5.41, 5.74) is 1.06. The van der Waals surface area contributed by atoms with Gasteiger partial charge in [-0.15, -0.1) is 0 Å². The maximum absolute atomic E-state index is 12.6. The molecule has 2 aromatic rings. The molecule has 1 aliphatic rings. The minimum absolute atomic E-state index is 0.0135. The number of benzene rings is 2. The standard InChI is InChI=1S/C21H27N3O3/c1-14(16-4-5-18-13-20(27-3)7-6-17(18)12-16)22-21(26)24-10-8-19(9-11-24)23-15(2)25/h4-7,12-14,19H,8-11H2,1-3H3,(H,22,26)(H,23,25)/t14-/m0/s1. The van der Waals surface area contributed by atoms with Gasteiger partial charge in [0.05, 0.1) is 13.2 Å². The Morgan fingerprint density at radius 1 is 1.11 bits per heavy atom. The molecule has 1 fully saturated rings. The van der Waals surface area contributed by atoms with E-state index in [4.69, 9.17) is 4.74 Å². The van der Waals surface area contributed by atoms with Crippen LogP contribution in [0.5, 0.6) is 5.75 Å². The second-order valence-electron chi connectivity index (χ2n) is 7.11. The molecule has 1 heterocycles. The third kappa shape index (κ3) is 4.70. The van der Waals surface area contributed by atoms with Crippen LogP contribution in [0.2, 0.25) is 0 Å². The molecular weight excluding hydrogens is 342 g/mol. The van der Waals surface area contributed by atoms with Gasteiger partial charge >= 0.3 is 6.03 Å². The van der Waals surface area contributed by atoms with Gasteiger partial charge in [-0.25, -0.2) is 4.79 Å². The van der Waals surface area contributed by atoms with Gasteiger partial charge in [0.25, 0.3) is 0 Å². The third-order valence-electron chi connectivity index (χ3n) is 5.10. The van der Waals surface area contributed by atoms with Gasteiger partial charge in [0.15, 0.2) is 0 Å².